The lowest BCUT2D eigenvalue weighted by Crippen LogP contribution is -2.22. The molecule has 152 valence electrons. The van der Waals surface area contributed by atoms with Crippen molar-refractivity contribution in [3.63, 3.8) is 0 Å². The van der Waals surface area contributed by atoms with Crippen molar-refractivity contribution in [1.82, 2.24) is 14.8 Å². The van der Waals surface area contributed by atoms with Gasteiger partial charge >= 0.3 is 5.97 Å². The summed E-state index contributed by atoms with van der Waals surface area (Å²) in [6, 6.07) is 9.22. The van der Waals surface area contributed by atoms with Gasteiger partial charge < -0.3 is 14.5 Å². The fourth-order valence-corrected chi connectivity index (χ4v) is 3.45. The van der Waals surface area contributed by atoms with Crippen molar-refractivity contribution < 1.29 is 18.7 Å². The van der Waals surface area contributed by atoms with Crippen LogP contribution in [0, 0.1) is 13.8 Å². The molecule has 2 heterocycles. The number of furan rings is 1. The van der Waals surface area contributed by atoms with Crippen LogP contribution in [0.4, 0.5) is 5.69 Å². The normalized spacial score (nSPS) is 10.7. The standard InChI is InChI=1S/C20H22N4O4S/c1-4-24-19(16-9-6-10-27-16)22-23-20(24)29-12-18(26)28-11-17(25)21-15-8-5-7-13(2)14(15)3/h5-10H,4,11-12H2,1-3H3,(H,21,25). The first-order valence-electron chi connectivity index (χ1n) is 9.11. The first-order valence-corrected chi connectivity index (χ1v) is 10.1. The molecule has 1 N–H and O–H groups in total. The molecule has 29 heavy (non-hydrogen) atoms. The summed E-state index contributed by atoms with van der Waals surface area (Å²) in [6.07, 6.45) is 1.57. The minimum atomic E-state index is -0.503. The quantitative estimate of drug-likeness (QED) is 0.445. The molecule has 0 fully saturated rings. The highest BCUT2D eigenvalue weighted by molar-refractivity contribution is 7.99. The van der Waals surface area contributed by atoms with Gasteiger partial charge in [-0.1, -0.05) is 23.9 Å². The maximum atomic E-state index is 12.1. The molecule has 2 aromatic heterocycles. The summed E-state index contributed by atoms with van der Waals surface area (Å²) in [5.74, 6) is 0.343. The summed E-state index contributed by atoms with van der Waals surface area (Å²) in [6.45, 7) is 6.13. The number of hydrogen-bond donors (Lipinski definition) is 1. The van der Waals surface area contributed by atoms with E-state index in [1.165, 1.54) is 11.8 Å². The molecule has 3 rings (SSSR count). The highest BCUT2D eigenvalue weighted by atomic mass is 32.2. The van der Waals surface area contributed by atoms with Gasteiger partial charge in [0.1, 0.15) is 0 Å². The smallest absolute Gasteiger partial charge is 0.316 e. The zero-order valence-electron chi connectivity index (χ0n) is 16.5. The van der Waals surface area contributed by atoms with E-state index in [4.69, 9.17) is 9.15 Å². The van der Waals surface area contributed by atoms with Gasteiger partial charge in [-0.3, -0.25) is 14.2 Å². The summed E-state index contributed by atoms with van der Waals surface area (Å²) < 4.78 is 12.3. The van der Waals surface area contributed by atoms with E-state index in [-0.39, 0.29) is 18.3 Å². The SMILES string of the molecule is CCn1c(SCC(=O)OCC(=O)Nc2cccc(C)c2C)nnc1-c1ccco1. The van der Waals surface area contributed by atoms with Crippen molar-refractivity contribution in [2.24, 2.45) is 0 Å². The van der Waals surface area contributed by atoms with Gasteiger partial charge in [0.05, 0.1) is 12.0 Å². The molecular weight excluding hydrogens is 392 g/mol. The number of anilines is 1. The lowest BCUT2D eigenvalue weighted by molar-refractivity contribution is -0.144. The third kappa shape index (κ3) is 5.05. The van der Waals surface area contributed by atoms with Crippen molar-refractivity contribution in [2.75, 3.05) is 17.7 Å². The number of hydrogen-bond acceptors (Lipinski definition) is 7. The number of amides is 1. The Morgan fingerprint density at radius 3 is 2.76 bits per heavy atom. The van der Waals surface area contributed by atoms with E-state index in [9.17, 15) is 9.59 Å². The van der Waals surface area contributed by atoms with E-state index >= 15 is 0 Å². The molecule has 0 unspecified atom stereocenters. The van der Waals surface area contributed by atoms with Gasteiger partial charge in [-0.15, -0.1) is 10.2 Å². The number of carbonyl (C=O) groups is 2. The number of esters is 1. The summed E-state index contributed by atoms with van der Waals surface area (Å²) in [7, 11) is 0. The average molecular weight is 414 g/mol. The van der Waals surface area contributed by atoms with Gasteiger partial charge in [-0.25, -0.2) is 0 Å². The lowest BCUT2D eigenvalue weighted by atomic mass is 10.1. The van der Waals surface area contributed by atoms with Crippen LogP contribution in [0.15, 0.2) is 46.2 Å². The molecule has 3 aromatic rings. The predicted octanol–water partition coefficient (Wildman–Crippen LogP) is 3.45. The number of benzene rings is 1. The van der Waals surface area contributed by atoms with Crippen molar-refractivity contribution in [3.8, 4) is 11.6 Å². The number of ether oxygens (including phenoxy) is 1. The molecule has 0 aliphatic heterocycles. The summed E-state index contributed by atoms with van der Waals surface area (Å²) in [4.78, 5) is 24.1. The number of aryl methyl sites for hydroxylation is 1. The number of nitrogens with zero attached hydrogens (tertiary/aromatic N) is 3. The van der Waals surface area contributed by atoms with Crippen LogP contribution in [-0.2, 0) is 20.9 Å². The van der Waals surface area contributed by atoms with Gasteiger partial charge in [-0.2, -0.15) is 0 Å². The highest BCUT2D eigenvalue weighted by Crippen LogP contribution is 2.24. The van der Waals surface area contributed by atoms with Gasteiger partial charge in [0.2, 0.25) is 0 Å². The third-order valence-corrected chi connectivity index (χ3v) is 5.28. The predicted molar refractivity (Wildman–Crippen MR) is 110 cm³/mol. The van der Waals surface area contributed by atoms with Crippen LogP contribution in [0.2, 0.25) is 0 Å². The Morgan fingerprint density at radius 1 is 1.21 bits per heavy atom. The van der Waals surface area contributed by atoms with E-state index in [1.54, 1.807) is 18.4 Å². The summed E-state index contributed by atoms with van der Waals surface area (Å²) >= 11 is 1.20. The molecule has 8 nitrogen and oxygen atoms in total. The van der Waals surface area contributed by atoms with Gasteiger partial charge in [-0.05, 0) is 50.1 Å². The van der Waals surface area contributed by atoms with E-state index < -0.39 is 5.97 Å². The molecular formula is C20H22N4O4S. The molecule has 0 saturated carbocycles. The van der Waals surface area contributed by atoms with E-state index in [1.807, 2.05) is 43.5 Å². The molecule has 1 aromatic carbocycles. The monoisotopic (exact) mass is 414 g/mol. The van der Waals surface area contributed by atoms with Crippen molar-refractivity contribution in [3.05, 3.63) is 47.7 Å². The molecule has 0 bridgehead atoms. The van der Waals surface area contributed by atoms with Crippen LogP contribution in [0.3, 0.4) is 0 Å². The van der Waals surface area contributed by atoms with Crippen LogP contribution < -0.4 is 5.32 Å². The van der Waals surface area contributed by atoms with Gasteiger partial charge in [0.25, 0.3) is 5.91 Å². The summed E-state index contributed by atoms with van der Waals surface area (Å²) in [5.41, 5.74) is 2.76. The largest absolute Gasteiger partial charge is 0.461 e. The lowest BCUT2D eigenvalue weighted by Gasteiger charge is -2.10. The first kappa shape index (κ1) is 20.7. The second-order valence-electron chi connectivity index (χ2n) is 6.27. The fraction of sp³-hybridized carbons (Fsp3) is 0.300. The number of carbonyl (C=O) groups excluding carboxylic acids is 2. The molecule has 9 heteroatoms. The maximum absolute atomic E-state index is 12.1. The van der Waals surface area contributed by atoms with Crippen LogP contribution >= 0.6 is 11.8 Å². The topological polar surface area (TPSA) is 99.2 Å². The Bertz CT molecular complexity index is 998. The number of nitrogens with one attached hydrogen (secondary N) is 1. The van der Waals surface area contributed by atoms with E-state index in [0.717, 1.165) is 11.1 Å². The zero-order valence-corrected chi connectivity index (χ0v) is 17.3. The fourth-order valence-electron chi connectivity index (χ4n) is 2.65. The number of aromatic nitrogens is 3. The Balaban J connectivity index is 1.50. The Kier molecular flexibility index (Phi) is 6.71. The van der Waals surface area contributed by atoms with Crippen LogP contribution in [0.25, 0.3) is 11.6 Å². The van der Waals surface area contributed by atoms with Gasteiger partial charge in [0, 0.05) is 12.2 Å². The van der Waals surface area contributed by atoms with Crippen LogP contribution in [0.5, 0.6) is 0 Å². The summed E-state index contributed by atoms with van der Waals surface area (Å²) in [5, 5.41) is 11.6. The Morgan fingerprint density at radius 2 is 2.03 bits per heavy atom. The molecule has 0 aliphatic rings. The third-order valence-electron chi connectivity index (χ3n) is 4.34. The van der Waals surface area contributed by atoms with Crippen molar-refractivity contribution in [1.29, 1.82) is 0 Å². The minimum Gasteiger partial charge on any atom is -0.461 e. The highest BCUT2D eigenvalue weighted by Gasteiger charge is 2.17. The molecule has 0 aliphatic carbocycles. The van der Waals surface area contributed by atoms with E-state index in [2.05, 4.69) is 15.5 Å². The second kappa shape index (κ2) is 9.42. The molecule has 0 spiro atoms. The van der Waals surface area contributed by atoms with Crippen molar-refractivity contribution >= 4 is 29.3 Å². The number of thioether (sulfide) groups is 1. The second-order valence-corrected chi connectivity index (χ2v) is 7.22. The van der Waals surface area contributed by atoms with Crippen LogP contribution in [-0.4, -0.2) is 39.0 Å². The molecule has 0 radical (unpaired) electrons. The zero-order chi connectivity index (χ0) is 20.8. The van der Waals surface area contributed by atoms with Gasteiger partial charge in [0.15, 0.2) is 23.3 Å². The number of rotatable bonds is 8. The van der Waals surface area contributed by atoms with E-state index in [0.29, 0.717) is 29.0 Å². The molecule has 1 amide bonds. The Hall–Kier alpha value is -3.07. The first-order chi connectivity index (χ1) is 14.0. The minimum absolute atomic E-state index is 0.0209. The Labute approximate surface area is 172 Å². The molecule has 0 saturated heterocycles. The maximum Gasteiger partial charge on any atom is 0.316 e. The van der Waals surface area contributed by atoms with Crippen molar-refractivity contribution in [2.45, 2.75) is 32.5 Å². The average Bonchev–Trinajstić information content (AvgIpc) is 3.37. The van der Waals surface area contributed by atoms with Crippen LogP contribution in [0.1, 0.15) is 18.1 Å². The molecule has 0 atom stereocenters.